The minimum absolute atomic E-state index is 0.0674. The van der Waals surface area contributed by atoms with Crippen LogP contribution < -0.4 is 25.2 Å². The van der Waals surface area contributed by atoms with E-state index >= 15 is 0 Å². The van der Waals surface area contributed by atoms with E-state index in [1.807, 2.05) is 39.0 Å². The predicted molar refractivity (Wildman–Crippen MR) is 147 cm³/mol. The number of carbonyl (C=O) groups is 2. The highest BCUT2D eigenvalue weighted by molar-refractivity contribution is 6.35. The van der Waals surface area contributed by atoms with Crippen molar-refractivity contribution < 1.29 is 19.1 Å². The number of carbonyl (C=O) groups excluding carboxylic acids is 2. The summed E-state index contributed by atoms with van der Waals surface area (Å²) < 4.78 is 11.7. The van der Waals surface area contributed by atoms with Crippen LogP contribution in [0, 0.1) is 19.8 Å². The van der Waals surface area contributed by atoms with E-state index in [-0.39, 0.29) is 24.8 Å². The van der Waals surface area contributed by atoms with Crippen LogP contribution in [0.15, 0.2) is 54.6 Å². The minimum atomic E-state index is -0.462. The topological polar surface area (TPSA) is 79.9 Å². The molecule has 1 saturated heterocycles. The summed E-state index contributed by atoms with van der Waals surface area (Å²) in [6.45, 7) is 6.83. The van der Waals surface area contributed by atoms with Crippen molar-refractivity contribution in [3.63, 3.8) is 0 Å². The third-order valence-electron chi connectivity index (χ3n) is 6.31. The van der Waals surface area contributed by atoms with Crippen molar-refractivity contribution in [3.05, 3.63) is 81.3 Å². The number of anilines is 2. The lowest BCUT2D eigenvalue weighted by atomic mass is 10.1. The third-order valence-corrected chi connectivity index (χ3v) is 7.01. The highest BCUT2D eigenvalue weighted by Gasteiger charge is 2.35. The number of benzene rings is 3. The highest BCUT2D eigenvalue weighted by Crippen LogP contribution is 2.33. The molecule has 2 amide bonds. The molecular weight excluding hydrogens is 513 g/mol. The number of hydrazine groups is 1. The normalized spacial score (nSPS) is 15.0. The van der Waals surface area contributed by atoms with E-state index in [0.29, 0.717) is 45.9 Å². The van der Waals surface area contributed by atoms with Crippen molar-refractivity contribution in [2.75, 3.05) is 23.5 Å². The molecule has 4 rings (SSSR count). The first-order valence-electron chi connectivity index (χ1n) is 12.0. The minimum Gasteiger partial charge on any atom is -0.490 e. The van der Waals surface area contributed by atoms with Crippen LogP contribution >= 0.6 is 23.2 Å². The van der Waals surface area contributed by atoms with Gasteiger partial charge in [-0.05, 0) is 68.3 Å². The van der Waals surface area contributed by atoms with E-state index in [4.69, 9.17) is 32.7 Å². The van der Waals surface area contributed by atoms with Crippen molar-refractivity contribution in [1.82, 2.24) is 5.43 Å². The molecule has 1 atom stereocenters. The molecule has 37 heavy (non-hydrogen) atoms. The second-order valence-electron chi connectivity index (χ2n) is 8.87. The van der Waals surface area contributed by atoms with E-state index in [2.05, 4.69) is 10.9 Å². The van der Waals surface area contributed by atoms with Crippen molar-refractivity contribution in [2.24, 2.45) is 5.92 Å². The molecule has 9 heteroatoms. The van der Waals surface area contributed by atoms with Gasteiger partial charge in [-0.1, -0.05) is 35.3 Å². The maximum Gasteiger partial charge on any atom is 0.243 e. The van der Waals surface area contributed by atoms with Gasteiger partial charge in [0.05, 0.1) is 18.2 Å². The molecule has 2 N–H and O–H groups in total. The van der Waals surface area contributed by atoms with E-state index in [1.54, 1.807) is 41.3 Å². The van der Waals surface area contributed by atoms with Crippen LogP contribution in [-0.2, 0) is 16.2 Å². The largest absolute Gasteiger partial charge is 0.490 e. The first-order chi connectivity index (χ1) is 17.8. The summed E-state index contributed by atoms with van der Waals surface area (Å²) in [5.41, 5.74) is 10.00. The fourth-order valence-corrected chi connectivity index (χ4v) is 4.56. The van der Waals surface area contributed by atoms with Crippen LogP contribution in [0.1, 0.15) is 30.0 Å². The number of ether oxygens (including phenoxy) is 2. The van der Waals surface area contributed by atoms with Gasteiger partial charge in [0.2, 0.25) is 11.8 Å². The predicted octanol–water partition coefficient (Wildman–Crippen LogP) is 6.08. The first-order valence-corrected chi connectivity index (χ1v) is 12.8. The van der Waals surface area contributed by atoms with Crippen LogP contribution in [0.4, 0.5) is 11.4 Å². The van der Waals surface area contributed by atoms with Crippen LogP contribution in [0.5, 0.6) is 11.5 Å². The van der Waals surface area contributed by atoms with Gasteiger partial charge in [-0.3, -0.25) is 20.4 Å². The van der Waals surface area contributed by atoms with E-state index in [1.165, 1.54) is 0 Å². The Hall–Kier alpha value is -3.42. The molecule has 194 valence electrons. The lowest BCUT2D eigenvalue weighted by Crippen LogP contribution is -2.36. The molecular formula is C28H29Cl2N3O4. The Labute approximate surface area is 226 Å². The summed E-state index contributed by atoms with van der Waals surface area (Å²) in [5, 5.41) is 1.04. The number of halogens is 2. The zero-order valence-electron chi connectivity index (χ0n) is 20.9. The summed E-state index contributed by atoms with van der Waals surface area (Å²) in [5.74, 6) is 0.228. The van der Waals surface area contributed by atoms with Crippen molar-refractivity contribution >= 4 is 46.4 Å². The van der Waals surface area contributed by atoms with Gasteiger partial charge in [0.1, 0.15) is 6.61 Å². The molecule has 0 saturated carbocycles. The zero-order chi connectivity index (χ0) is 26.5. The first kappa shape index (κ1) is 26.6. The fraction of sp³-hybridized carbons (Fsp3) is 0.286. The molecule has 0 spiro atoms. The summed E-state index contributed by atoms with van der Waals surface area (Å²) in [7, 11) is 0. The molecule has 3 aromatic rings. The second kappa shape index (κ2) is 11.8. The quantitative estimate of drug-likeness (QED) is 0.320. The maximum absolute atomic E-state index is 12.8. The smallest absolute Gasteiger partial charge is 0.243 e. The molecule has 0 bridgehead atoms. The second-order valence-corrected chi connectivity index (χ2v) is 9.69. The number of rotatable bonds is 9. The average molecular weight is 542 g/mol. The Morgan fingerprint density at radius 3 is 2.46 bits per heavy atom. The molecule has 1 aliphatic heterocycles. The molecule has 1 heterocycles. The molecule has 0 aromatic heterocycles. The Morgan fingerprint density at radius 1 is 1.00 bits per heavy atom. The van der Waals surface area contributed by atoms with Gasteiger partial charge in [0, 0.05) is 40.3 Å². The van der Waals surface area contributed by atoms with Crippen LogP contribution in [-0.4, -0.2) is 25.0 Å². The number of amides is 2. The molecule has 0 radical (unpaired) electrons. The maximum atomic E-state index is 12.8. The molecule has 0 unspecified atom stereocenters. The fourth-order valence-electron chi connectivity index (χ4n) is 4.06. The Balaban J connectivity index is 1.38. The number of nitrogens with one attached hydrogen (secondary N) is 2. The number of nitrogens with zero attached hydrogens (tertiary/aromatic N) is 1. The molecule has 7 nitrogen and oxygen atoms in total. The third kappa shape index (κ3) is 6.29. The Kier molecular flexibility index (Phi) is 8.46. The zero-order valence-corrected chi connectivity index (χ0v) is 22.4. The van der Waals surface area contributed by atoms with Crippen LogP contribution in [0.25, 0.3) is 0 Å². The van der Waals surface area contributed by atoms with Gasteiger partial charge in [-0.25, -0.2) is 0 Å². The molecule has 1 aliphatic rings. The van der Waals surface area contributed by atoms with E-state index in [0.717, 1.165) is 16.8 Å². The van der Waals surface area contributed by atoms with Crippen LogP contribution in [0.2, 0.25) is 10.0 Å². The summed E-state index contributed by atoms with van der Waals surface area (Å²) in [4.78, 5) is 27.1. The van der Waals surface area contributed by atoms with Gasteiger partial charge < -0.3 is 14.4 Å². The Morgan fingerprint density at radius 2 is 1.76 bits per heavy atom. The number of aryl methyl sites for hydroxylation is 2. The van der Waals surface area contributed by atoms with Crippen molar-refractivity contribution in [2.45, 2.75) is 33.8 Å². The average Bonchev–Trinajstić information content (AvgIpc) is 3.26. The number of hydrogen-bond acceptors (Lipinski definition) is 5. The lowest BCUT2D eigenvalue weighted by molar-refractivity contribution is -0.125. The van der Waals surface area contributed by atoms with Gasteiger partial charge in [-0.15, -0.1) is 0 Å². The summed E-state index contributed by atoms with van der Waals surface area (Å²) in [6, 6.07) is 16.4. The molecule has 3 aromatic carbocycles. The highest BCUT2D eigenvalue weighted by atomic mass is 35.5. The van der Waals surface area contributed by atoms with E-state index in [9.17, 15) is 9.59 Å². The number of hydrogen-bond donors (Lipinski definition) is 2. The SMILES string of the molecule is CCOc1cc(NNC(=O)[C@H]2CC(=O)N(c3ccc(C)c(C)c3)C2)ccc1OCc1c(Cl)cccc1Cl. The van der Waals surface area contributed by atoms with Crippen LogP contribution in [0.3, 0.4) is 0 Å². The van der Waals surface area contributed by atoms with E-state index < -0.39 is 5.92 Å². The molecule has 1 fully saturated rings. The monoisotopic (exact) mass is 541 g/mol. The van der Waals surface area contributed by atoms with Crippen molar-refractivity contribution in [1.29, 1.82) is 0 Å². The van der Waals surface area contributed by atoms with Crippen molar-refractivity contribution in [3.8, 4) is 11.5 Å². The summed E-state index contributed by atoms with van der Waals surface area (Å²) in [6.07, 6.45) is 0.155. The van der Waals surface area contributed by atoms with Gasteiger partial charge >= 0.3 is 0 Å². The standard InChI is InChI=1S/C28H29Cl2N3O4/c1-4-36-26-14-20(9-11-25(26)37-16-22-23(29)6-5-7-24(22)30)31-32-28(35)19-13-27(34)33(15-19)21-10-8-17(2)18(3)12-21/h5-12,14,19,31H,4,13,15-16H2,1-3H3,(H,32,35)/t19-/m0/s1. The summed E-state index contributed by atoms with van der Waals surface area (Å²) >= 11 is 12.5. The molecule has 0 aliphatic carbocycles. The van der Waals surface area contributed by atoms with Gasteiger partial charge in [-0.2, -0.15) is 0 Å². The lowest BCUT2D eigenvalue weighted by Gasteiger charge is -2.18. The van der Waals surface area contributed by atoms with Gasteiger partial charge in [0.25, 0.3) is 0 Å². The Bertz CT molecular complexity index is 1290. The van der Waals surface area contributed by atoms with Gasteiger partial charge in [0.15, 0.2) is 11.5 Å².